The minimum Gasteiger partial charge on any atom is -0.495 e. The van der Waals surface area contributed by atoms with Crippen LogP contribution in [0.25, 0.3) is 10.8 Å². The zero-order valence-corrected chi connectivity index (χ0v) is 20.6. The second-order valence-corrected chi connectivity index (χ2v) is 10.7. The van der Waals surface area contributed by atoms with Gasteiger partial charge in [-0.05, 0) is 34.9 Å². The number of aryl methyl sites for hydroxylation is 1. The Bertz CT molecular complexity index is 1260. The molecule has 4 rings (SSSR count). The van der Waals surface area contributed by atoms with Gasteiger partial charge < -0.3 is 10.1 Å². The van der Waals surface area contributed by atoms with E-state index in [-0.39, 0.29) is 11.7 Å². The number of rotatable bonds is 8. The van der Waals surface area contributed by atoms with Crippen LogP contribution in [0.2, 0.25) is 5.02 Å². The highest BCUT2D eigenvalue weighted by Gasteiger charge is 2.13. The van der Waals surface area contributed by atoms with Gasteiger partial charge in [-0.1, -0.05) is 88.9 Å². The molecule has 1 heterocycles. The first-order valence-electron chi connectivity index (χ1n) is 9.73. The molecule has 0 aliphatic rings. The van der Waals surface area contributed by atoms with Crippen LogP contribution in [0.5, 0.6) is 5.75 Å². The monoisotopic (exact) mass is 501 g/mol. The van der Waals surface area contributed by atoms with Crippen LogP contribution in [0.15, 0.2) is 63.3 Å². The predicted molar refractivity (Wildman–Crippen MR) is 136 cm³/mol. The van der Waals surface area contributed by atoms with Crippen LogP contribution in [-0.4, -0.2) is 29.0 Å². The Kier molecular flexibility index (Phi) is 7.57. The van der Waals surface area contributed by atoms with Crippen LogP contribution in [-0.2, 0) is 10.5 Å². The third-order valence-corrected chi connectivity index (χ3v) is 8.35. The molecule has 1 N–H and O–H groups in total. The largest absolute Gasteiger partial charge is 0.495 e. The van der Waals surface area contributed by atoms with Crippen molar-refractivity contribution in [1.82, 2.24) is 10.2 Å². The van der Waals surface area contributed by atoms with Gasteiger partial charge in [0.2, 0.25) is 5.91 Å². The third kappa shape index (κ3) is 5.56. The normalized spacial score (nSPS) is 11.0. The Balaban J connectivity index is 1.33. The van der Waals surface area contributed by atoms with Crippen LogP contribution in [0.4, 0.5) is 5.69 Å². The number of aromatic nitrogens is 2. The number of ether oxygens (including phenoxy) is 1. The van der Waals surface area contributed by atoms with Crippen LogP contribution >= 0.6 is 46.5 Å². The van der Waals surface area contributed by atoms with Gasteiger partial charge >= 0.3 is 0 Å². The summed E-state index contributed by atoms with van der Waals surface area (Å²) in [5, 5.41) is 14.4. The van der Waals surface area contributed by atoms with Crippen molar-refractivity contribution in [2.75, 3.05) is 18.2 Å². The number of fused-ring (bicyclic) bond motifs is 1. The van der Waals surface area contributed by atoms with E-state index in [1.54, 1.807) is 31.0 Å². The SMILES string of the molecule is COc1cc(Cl)c(C)cc1NC(=O)CSc1nnc(SCc2cccc3ccccc23)s1. The predicted octanol–water partition coefficient (Wildman–Crippen LogP) is 6.68. The highest BCUT2D eigenvalue weighted by molar-refractivity contribution is 8.03. The number of hydrogen-bond donors (Lipinski definition) is 1. The first-order chi connectivity index (χ1) is 15.5. The van der Waals surface area contributed by atoms with E-state index in [4.69, 9.17) is 16.3 Å². The maximum absolute atomic E-state index is 12.4. The Hall–Kier alpha value is -2.26. The lowest BCUT2D eigenvalue weighted by molar-refractivity contribution is -0.113. The Morgan fingerprint density at radius 3 is 2.66 bits per heavy atom. The first-order valence-corrected chi connectivity index (χ1v) is 12.9. The fraction of sp³-hybridized carbons (Fsp3) is 0.174. The molecule has 0 saturated carbocycles. The highest BCUT2D eigenvalue weighted by Crippen LogP contribution is 2.33. The molecule has 0 fully saturated rings. The van der Waals surface area contributed by atoms with Crippen LogP contribution in [0.1, 0.15) is 11.1 Å². The summed E-state index contributed by atoms with van der Waals surface area (Å²) in [6.07, 6.45) is 0. The maximum atomic E-state index is 12.4. The summed E-state index contributed by atoms with van der Waals surface area (Å²) in [5.74, 6) is 1.43. The molecule has 0 aliphatic carbocycles. The van der Waals surface area contributed by atoms with Gasteiger partial charge in [-0.2, -0.15) is 0 Å². The summed E-state index contributed by atoms with van der Waals surface area (Å²) >= 11 is 10.6. The quantitative estimate of drug-likeness (QED) is 0.271. The third-order valence-electron chi connectivity index (χ3n) is 4.70. The minimum absolute atomic E-state index is 0.143. The van der Waals surface area contributed by atoms with Crippen molar-refractivity contribution in [2.24, 2.45) is 0 Å². The lowest BCUT2D eigenvalue weighted by atomic mass is 10.1. The molecule has 164 valence electrons. The lowest BCUT2D eigenvalue weighted by Crippen LogP contribution is -2.14. The van der Waals surface area contributed by atoms with E-state index in [0.29, 0.717) is 16.5 Å². The first kappa shape index (κ1) is 22.9. The second-order valence-electron chi connectivity index (χ2n) is 6.90. The number of amides is 1. The van der Waals surface area contributed by atoms with E-state index in [1.807, 2.05) is 13.0 Å². The zero-order chi connectivity index (χ0) is 22.5. The summed E-state index contributed by atoms with van der Waals surface area (Å²) in [6, 6.07) is 18.2. The van der Waals surface area contributed by atoms with E-state index in [0.717, 1.165) is 20.0 Å². The molecule has 0 aliphatic heterocycles. The number of benzene rings is 3. The molecule has 1 aromatic heterocycles. The molecule has 3 aromatic carbocycles. The van der Waals surface area contributed by atoms with Gasteiger partial charge in [0.1, 0.15) is 5.75 Å². The topological polar surface area (TPSA) is 64.1 Å². The maximum Gasteiger partial charge on any atom is 0.234 e. The van der Waals surface area contributed by atoms with Crippen molar-refractivity contribution in [3.63, 3.8) is 0 Å². The van der Waals surface area contributed by atoms with Crippen molar-refractivity contribution in [3.05, 3.63) is 70.7 Å². The van der Waals surface area contributed by atoms with Crippen LogP contribution < -0.4 is 10.1 Å². The second kappa shape index (κ2) is 10.6. The van der Waals surface area contributed by atoms with Crippen molar-refractivity contribution in [3.8, 4) is 5.75 Å². The van der Waals surface area contributed by atoms with Gasteiger partial charge in [-0.25, -0.2) is 0 Å². The molecule has 0 saturated heterocycles. The number of carbonyl (C=O) groups is 1. The molecule has 32 heavy (non-hydrogen) atoms. The van der Waals surface area contributed by atoms with Gasteiger partial charge in [0.05, 0.1) is 18.6 Å². The van der Waals surface area contributed by atoms with Crippen molar-refractivity contribution in [2.45, 2.75) is 21.4 Å². The standard InChI is InChI=1S/C23H20ClN3O2S3/c1-14-10-19(20(29-2)11-18(14)24)25-21(28)13-31-23-27-26-22(32-23)30-12-16-8-5-7-15-6-3-4-9-17(15)16/h3-11H,12-13H2,1-2H3,(H,25,28). The number of thioether (sulfide) groups is 2. The fourth-order valence-corrected chi connectivity index (χ4v) is 6.09. The average Bonchev–Trinajstić information content (AvgIpc) is 3.26. The number of carbonyl (C=O) groups excluding carboxylic acids is 1. The van der Waals surface area contributed by atoms with Gasteiger partial charge in [0.15, 0.2) is 8.68 Å². The number of nitrogens with one attached hydrogen (secondary N) is 1. The molecule has 9 heteroatoms. The number of methoxy groups -OCH3 is 1. The summed E-state index contributed by atoms with van der Waals surface area (Å²) in [7, 11) is 1.55. The van der Waals surface area contributed by atoms with Crippen molar-refractivity contribution in [1.29, 1.82) is 0 Å². The molecule has 1 amide bonds. The fourth-order valence-electron chi connectivity index (χ4n) is 3.12. The smallest absolute Gasteiger partial charge is 0.234 e. The van der Waals surface area contributed by atoms with E-state index >= 15 is 0 Å². The van der Waals surface area contributed by atoms with E-state index in [9.17, 15) is 4.79 Å². The zero-order valence-electron chi connectivity index (χ0n) is 17.4. The van der Waals surface area contributed by atoms with Gasteiger partial charge in [0, 0.05) is 16.8 Å². The molecule has 0 bridgehead atoms. The Morgan fingerprint density at radius 1 is 1.09 bits per heavy atom. The Labute approximate surface area is 203 Å². The van der Waals surface area contributed by atoms with E-state index in [1.165, 1.54) is 39.4 Å². The molecular formula is C23H20ClN3O2S3. The number of nitrogens with zero attached hydrogens (tertiary/aromatic N) is 2. The van der Waals surface area contributed by atoms with E-state index < -0.39 is 0 Å². The van der Waals surface area contributed by atoms with Crippen LogP contribution in [0.3, 0.4) is 0 Å². The average molecular weight is 502 g/mol. The van der Waals surface area contributed by atoms with Gasteiger partial charge in [-0.15, -0.1) is 10.2 Å². The summed E-state index contributed by atoms with van der Waals surface area (Å²) in [5.41, 5.74) is 2.74. The molecule has 4 aromatic rings. The summed E-state index contributed by atoms with van der Waals surface area (Å²) in [4.78, 5) is 12.4. The molecule has 0 spiro atoms. The van der Waals surface area contributed by atoms with Gasteiger partial charge in [-0.3, -0.25) is 4.79 Å². The molecule has 5 nitrogen and oxygen atoms in total. The Morgan fingerprint density at radius 2 is 1.84 bits per heavy atom. The highest BCUT2D eigenvalue weighted by atomic mass is 35.5. The lowest BCUT2D eigenvalue weighted by Gasteiger charge is -2.11. The van der Waals surface area contributed by atoms with Gasteiger partial charge in [0.25, 0.3) is 0 Å². The van der Waals surface area contributed by atoms with Crippen molar-refractivity contribution < 1.29 is 9.53 Å². The molecule has 0 atom stereocenters. The molecular weight excluding hydrogens is 482 g/mol. The number of anilines is 1. The summed E-state index contributed by atoms with van der Waals surface area (Å²) in [6.45, 7) is 1.88. The minimum atomic E-state index is -0.143. The summed E-state index contributed by atoms with van der Waals surface area (Å²) < 4.78 is 6.96. The molecule has 0 unspecified atom stereocenters. The van der Waals surface area contributed by atoms with E-state index in [2.05, 4.69) is 51.9 Å². The number of hydrogen-bond acceptors (Lipinski definition) is 7. The van der Waals surface area contributed by atoms with Crippen LogP contribution in [0, 0.1) is 6.92 Å². The number of halogens is 1. The van der Waals surface area contributed by atoms with Crippen molar-refractivity contribution >= 4 is 68.8 Å². The molecule has 0 radical (unpaired) electrons.